The van der Waals surface area contributed by atoms with Gasteiger partial charge in [-0.05, 0) is 44.0 Å². The van der Waals surface area contributed by atoms with Gasteiger partial charge in [-0.25, -0.2) is 0 Å². The first-order valence-corrected chi connectivity index (χ1v) is 7.81. The van der Waals surface area contributed by atoms with Gasteiger partial charge in [-0.15, -0.1) is 11.8 Å². The van der Waals surface area contributed by atoms with Gasteiger partial charge in [0, 0.05) is 10.6 Å². The predicted octanol–water partition coefficient (Wildman–Crippen LogP) is 3.91. The highest BCUT2D eigenvalue weighted by atomic mass is 32.2. The zero-order valence-corrected chi connectivity index (χ0v) is 13.1. The molecule has 1 unspecified atom stereocenters. The van der Waals surface area contributed by atoms with E-state index in [1.54, 1.807) is 0 Å². The summed E-state index contributed by atoms with van der Waals surface area (Å²) in [5.41, 5.74) is 8.08. The van der Waals surface area contributed by atoms with Gasteiger partial charge >= 0.3 is 0 Å². The number of aryl methyl sites for hydroxylation is 3. The summed E-state index contributed by atoms with van der Waals surface area (Å²) >= 11 is 1.83. The summed E-state index contributed by atoms with van der Waals surface area (Å²) in [6, 6.07) is 15.3. The predicted molar refractivity (Wildman–Crippen MR) is 87.9 cm³/mol. The lowest BCUT2D eigenvalue weighted by Crippen LogP contribution is -2.30. The van der Waals surface area contributed by atoms with Crippen LogP contribution in [-0.2, 0) is 0 Å². The molecule has 2 nitrogen and oxygen atoms in total. The molecule has 3 N–H and O–H groups in total. The van der Waals surface area contributed by atoms with Crippen molar-refractivity contribution >= 4 is 11.8 Å². The van der Waals surface area contributed by atoms with Crippen molar-refractivity contribution in [1.29, 1.82) is 0 Å². The fraction of sp³-hybridized carbons (Fsp3) is 0.294. The van der Waals surface area contributed by atoms with Crippen LogP contribution in [0.2, 0.25) is 0 Å². The first-order valence-electron chi connectivity index (χ1n) is 6.83. The summed E-state index contributed by atoms with van der Waals surface area (Å²) in [6.07, 6.45) is 0. The number of nitrogens with two attached hydrogens (primary N) is 1. The smallest absolute Gasteiger partial charge is 0.0556 e. The van der Waals surface area contributed by atoms with E-state index < -0.39 is 0 Å². The van der Waals surface area contributed by atoms with Crippen molar-refractivity contribution < 1.29 is 0 Å². The molecular formula is C17H22N2S. The van der Waals surface area contributed by atoms with Crippen LogP contribution in [0.1, 0.15) is 28.3 Å². The van der Waals surface area contributed by atoms with Crippen molar-refractivity contribution in [3.8, 4) is 0 Å². The second-order valence-corrected chi connectivity index (χ2v) is 6.30. The lowest BCUT2D eigenvalue weighted by atomic mass is 10.0. The normalized spacial score (nSPS) is 12.4. The molecule has 0 aliphatic heterocycles. The van der Waals surface area contributed by atoms with Gasteiger partial charge in [0.25, 0.3) is 0 Å². The Labute approximate surface area is 125 Å². The first-order chi connectivity index (χ1) is 9.60. The standard InChI is InChI=1S/C17H22N2S/c1-12-5-4-6-15(10-12)20-11-17(19-18)16-8-7-13(2)9-14(16)3/h4-10,17,19H,11,18H2,1-3H3. The monoisotopic (exact) mass is 286 g/mol. The summed E-state index contributed by atoms with van der Waals surface area (Å²) in [4.78, 5) is 1.29. The van der Waals surface area contributed by atoms with Crippen LogP contribution >= 0.6 is 11.8 Å². The average molecular weight is 286 g/mol. The van der Waals surface area contributed by atoms with Gasteiger partial charge in [-0.2, -0.15) is 0 Å². The van der Waals surface area contributed by atoms with E-state index >= 15 is 0 Å². The zero-order chi connectivity index (χ0) is 14.5. The van der Waals surface area contributed by atoms with E-state index in [4.69, 9.17) is 5.84 Å². The maximum Gasteiger partial charge on any atom is 0.0556 e. The summed E-state index contributed by atoms with van der Waals surface area (Å²) in [5.74, 6) is 6.66. The summed E-state index contributed by atoms with van der Waals surface area (Å²) in [7, 11) is 0. The van der Waals surface area contributed by atoms with Gasteiger partial charge < -0.3 is 0 Å². The molecule has 106 valence electrons. The molecule has 0 aromatic heterocycles. The van der Waals surface area contributed by atoms with Crippen LogP contribution in [0.3, 0.4) is 0 Å². The molecule has 0 fully saturated rings. The Balaban J connectivity index is 2.09. The third-order valence-electron chi connectivity index (χ3n) is 3.41. The molecule has 2 aromatic carbocycles. The Bertz CT molecular complexity index is 581. The van der Waals surface area contributed by atoms with Crippen molar-refractivity contribution in [1.82, 2.24) is 5.43 Å². The summed E-state index contributed by atoms with van der Waals surface area (Å²) in [5, 5.41) is 0. The van der Waals surface area contributed by atoms with Crippen LogP contribution in [0.4, 0.5) is 0 Å². The van der Waals surface area contributed by atoms with Gasteiger partial charge in [0.15, 0.2) is 0 Å². The van der Waals surface area contributed by atoms with Crippen LogP contribution in [0.15, 0.2) is 47.4 Å². The molecule has 0 radical (unpaired) electrons. The molecule has 0 saturated carbocycles. The van der Waals surface area contributed by atoms with Gasteiger partial charge in [-0.1, -0.05) is 41.5 Å². The molecule has 0 amide bonds. The van der Waals surface area contributed by atoms with E-state index in [0.717, 1.165) is 5.75 Å². The fourth-order valence-electron chi connectivity index (χ4n) is 2.33. The van der Waals surface area contributed by atoms with Gasteiger partial charge in [0.1, 0.15) is 0 Å². The van der Waals surface area contributed by atoms with Crippen molar-refractivity contribution in [2.75, 3.05) is 5.75 Å². The number of thioether (sulfide) groups is 1. The number of hydrogen-bond donors (Lipinski definition) is 2. The molecule has 0 aliphatic rings. The Morgan fingerprint density at radius 1 is 1.05 bits per heavy atom. The minimum Gasteiger partial charge on any atom is -0.271 e. The fourth-order valence-corrected chi connectivity index (χ4v) is 3.41. The van der Waals surface area contributed by atoms with Gasteiger partial charge in [0.05, 0.1) is 6.04 Å². The topological polar surface area (TPSA) is 38.0 Å². The van der Waals surface area contributed by atoms with Crippen LogP contribution in [0.5, 0.6) is 0 Å². The summed E-state index contributed by atoms with van der Waals surface area (Å²) in [6.45, 7) is 6.38. The largest absolute Gasteiger partial charge is 0.271 e. The molecular weight excluding hydrogens is 264 g/mol. The lowest BCUT2D eigenvalue weighted by Gasteiger charge is -2.18. The van der Waals surface area contributed by atoms with Crippen LogP contribution in [0, 0.1) is 20.8 Å². The third kappa shape index (κ3) is 3.85. The van der Waals surface area contributed by atoms with Crippen molar-refractivity contribution in [3.05, 3.63) is 64.7 Å². The van der Waals surface area contributed by atoms with Gasteiger partial charge in [-0.3, -0.25) is 11.3 Å². The Hall–Kier alpha value is -1.29. The quantitative estimate of drug-likeness (QED) is 0.497. The zero-order valence-electron chi connectivity index (χ0n) is 12.3. The van der Waals surface area contributed by atoms with E-state index in [-0.39, 0.29) is 6.04 Å². The molecule has 0 aliphatic carbocycles. The van der Waals surface area contributed by atoms with Crippen LogP contribution in [0.25, 0.3) is 0 Å². The third-order valence-corrected chi connectivity index (χ3v) is 4.50. The Morgan fingerprint density at radius 3 is 2.45 bits per heavy atom. The van der Waals surface area contributed by atoms with E-state index in [9.17, 15) is 0 Å². The van der Waals surface area contributed by atoms with Crippen molar-refractivity contribution in [3.63, 3.8) is 0 Å². The molecule has 3 heteroatoms. The van der Waals surface area contributed by atoms with Crippen LogP contribution in [-0.4, -0.2) is 5.75 Å². The van der Waals surface area contributed by atoms with E-state index in [2.05, 4.69) is 68.7 Å². The molecule has 1 atom stereocenters. The van der Waals surface area contributed by atoms with Gasteiger partial charge in [0.2, 0.25) is 0 Å². The maximum absolute atomic E-state index is 5.74. The number of benzene rings is 2. The SMILES string of the molecule is Cc1cccc(SCC(NN)c2ccc(C)cc2C)c1. The van der Waals surface area contributed by atoms with E-state index in [1.165, 1.54) is 27.1 Å². The number of hydrazine groups is 1. The number of rotatable bonds is 5. The Kier molecular flexibility index (Phi) is 5.24. The average Bonchev–Trinajstić information content (AvgIpc) is 2.41. The maximum atomic E-state index is 5.74. The highest BCUT2D eigenvalue weighted by Crippen LogP contribution is 2.27. The minimum absolute atomic E-state index is 0.168. The van der Waals surface area contributed by atoms with E-state index in [1.807, 2.05) is 11.8 Å². The second kappa shape index (κ2) is 6.93. The molecule has 0 heterocycles. The lowest BCUT2D eigenvalue weighted by molar-refractivity contribution is 0.607. The van der Waals surface area contributed by atoms with Crippen molar-refractivity contribution in [2.24, 2.45) is 5.84 Å². The second-order valence-electron chi connectivity index (χ2n) is 5.21. The highest BCUT2D eigenvalue weighted by molar-refractivity contribution is 7.99. The molecule has 0 bridgehead atoms. The molecule has 2 rings (SSSR count). The molecule has 20 heavy (non-hydrogen) atoms. The minimum atomic E-state index is 0.168. The molecule has 2 aromatic rings. The Morgan fingerprint density at radius 2 is 1.80 bits per heavy atom. The highest BCUT2D eigenvalue weighted by Gasteiger charge is 2.12. The molecule has 0 saturated heterocycles. The number of nitrogens with one attached hydrogen (secondary N) is 1. The number of hydrogen-bond acceptors (Lipinski definition) is 3. The first kappa shape index (κ1) is 15.1. The van der Waals surface area contributed by atoms with E-state index in [0.29, 0.717) is 0 Å². The van der Waals surface area contributed by atoms with Crippen LogP contribution < -0.4 is 11.3 Å². The molecule has 0 spiro atoms. The van der Waals surface area contributed by atoms with Crippen molar-refractivity contribution in [2.45, 2.75) is 31.7 Å². The summed E-state index contributed by atoms with van der Waals surface area (Å²) < 4.78 is 0.